The van der Waals surface area contributed by atoms with Gasteiger partial charge in [-0.1, -0.05) is 96.3 Å². The second kappa shape index (κ2) is 14.5. The van der Waals surface area contributed by atoms with Crippen molar-refractivity contribution in [2.45, 2.75) is 186 Å². The zero-order valence-electron chi connectivity index (χ0n) is 30.4. The third kappa shape index (κ3) is 6.19. The first kappa shape index (κ1) is 33.5. The van der Waals surface area contributed by atoms with Gasteiger partial charge in [0.05, 0.1) is 0 Å². The maximum Gasteiger partial charge on any atom is 0.126 e. The number of rotatable bonds is 12. The molecule has 2 heteroatoms. The molecule has 8 aliphatic carbocycles. The van der Waals surface area contributed by atoms with Crippen LogP contribution in [-0.2, 0) is 9.59 Å². The van der Waals surface area contributed by atoms with E-state index in [1.54, 1.807) is 0 Å². The fourth-order valence-electron chi connectivity index (χ4n) is 16.4. The number of hydrogen-bond donors (Lipinski definition) is 0. The van der Waals surface area contributed by atoms with Crippen molar-refractivity contribution in [3.63, 3.8) is 0 Å². The fourth-order valence-corrected chi connectivity index (χ4v) is 16.4. The summed E-state index contributed by atoms with van der Waals surface area (Å²) >= 11 is 0. The topological polar surface area (TPSA) is 34.1 Å². The van der Waals surface area contributed by atoms with Crippen LogP contribution >= 0.6 is 0 Å². The monoisotopic (exact) mass is 645 g/mol. The predicted octanol–water partition coefficient (Wildman–Crippen LogP) is 12.2. The standard InChI is InChI=1S/C45H72O2/c46-30-44(28-10-14-34-20-22-38-36-16-8-12-32(36)18-24-40(38)42(34)44)26-6-4-2-1-3-5-7-27-45(31-47)29-11-15-35-21-23-39-37-17-9-13-33(37)19-25-41(39)43(35)45/h30-43H,1-29H2/t32-,33-,34?,35?,36+,37+,38-,39-,40+,41+,42-,43-,44?,45?/m0/s1. The Morgan fingerprint density at radius 2 is 0.745 bits per heavy atom. The smallest absolute Gasteiger partial charge is 0.126 e. The van der Waals surface area contributed by atoms with Crippen molar-refractivity contribution in [3.8, 4) is 0 Å². The molecule has 0 saturated heterocycles. The summed E-state index contributed by atoms with van der Waals surface area (Å²) in [5.74, 6) is 10.8. The minimum atomic E-state index is 0.00777. The zero-order valence-corrected chi connectivity index (χ0v) is 30.4. The SMILES string of the molecule is O=CC1(CCCCCCCCCC2(C=O)CCCC3CC[C@H]4[C@@H]5CCC[C@H]5CC[C@H]4[C@H]32)CCCC2CC[C@H]3[C@@H]4CCC[C@H]4CC[C@H]3[C@H]21. The molecule has 0 radical (unpaired) electrons. The van der Waals surface area contributed by atoms with Crippen LogP contribution < -0.4 is 0 Å². The average molecular weight is 645 g/mol. The van der Waals surface area contributed by atoms with E-state index < -0.39 is 0 Å². The number of carbonyl (C=O) groups is 2. The number of hydrogen-bond acceptors (Lipinski definition) is 2. The van der Waals surface area contributed by atoms with Crippen molar-refractivity contribution in [1.82, 2.24) is 0 Å². The van der Waals surface area contributed by atoms with E-state index in [0.717, 1.165) is 59.2 Å². The molecular weight excluding hydrogens is 572 g/mol. The number of aldehydes is 2. The molecule has 0 bridgehead atoms. The van der Waals surface area contributed by atoms with Gasteiger partial charge >= 0.3 is 0 Å². The Morgan fingerprint density at radius 1 is 0.362 bits per heavy atom. The molecule has 14 atom stereocenters. The molecule has 0 amide bonds. The van der Waals surface area contributed by atoms with Crippen LogP contribution in [0.1, 0.15) is 186 Å². The van der Waals surface area contributed by atoms with E-state index in [4.69, 9.17) is 0 Å². The van der Waals surface area contributed by atoms with Crippen LogP contribution in [0.25, 0.3) is 0 Å². The third-order valence-corrected chi connectivity index (χ3v) is 18.1. The van der Waals surface area contributed by atoms with Crippen LogP contribution in [0.2, 0.25) is 0 Å². The first-order valence-corrected chi connectivity index (χ1v) is 22.1. The minimum absolute atomic E-state index is 0.00777. The van der Waals surface area contributed by atoms with Crippen LogP contribution in [0, 0.1) is 81.8 Å². The van der Waals surface area contributed by atoms with E-state index in [0.29, 0.717) is 11.8 Å². The molecule has 264 valence electrons. The van der Waals surface area contributed by atoms with E-state index in [1.165, 1.54) is 199 Å². The Labute approximate surface area is 289 Å². The molecule has 0 aromatic rings. The highest BCUT2D eigenvalue weighted by atomic mass is 16.1. The number of carbonyl (C=O) groups excluding carboxylic acids is 2. The highest BCUT2D eigenvalue weighted by Gasteiger charge is 2.57. The van der Waals surface area contributed by atoms with Crippen molar-refractivity contribution in [3.05, 3.63) is 0 Å². The van der Waals surface area contributed by atoms with E-state index in [2.05, 4.69) is 0 Å². The van der Waals surface area contributed by atoms with Gasteiger partial charge in [0, 0.05) is 10.8 Å². The Kier molecular flexibility index (Phi) is 10.3. The Balaban J connectivity index is 0.796. The summed E-state index contributed by atoms with van der Waals surface area (Å²) in [6.07, 6.45) is 43.1. The van der Waals surface area contributed by atoms with E-state index >= 15 is 0 Å². The first-order valence-electron chi connectivity index (χ1n) is 22.1. The lowest BCUT2D eigenvalue weighted by molar-refractivity contribution is -0.137. The van der Waals surface area contributed by atoms with Gasteiger partial charge in [-0.2, -0.15) is 0 Å². The molecule has 0 aromatic carbocycles. The highest BCUT2D eigenvalue weighted by molar-refractivity contribution is 5.61. The Bertz CT molecular complexity index is 984. The first-order chi connectivity index (χ1) is 23.2. The minimum Gasteiger partial charge on any atom is -0.303 e. The summed E-state index contributed by atoms with van der Waals surface area (Å²) < 4.78 is 0. The molecule has 47 heavy (non-hydrogen) atoms. The largest absolute Gasteiger partial charge is 0.303 e. The summed E-state index contributed by atoms with van der Waals surface area (Å²) in [5, 5.41) is 0. The van der Waals surface area contributed by atoms with Gasteiger partial charge in [-0.25, -0.2) is 0 Å². The van der Waals surface area contributed by atoms with E-state index in [9.17, 15) is 9.59 Å². The summed E-state index contributed by atoms with van der Waals surface area (Å²) in [5.41, 5.74) is 0.0155. The maximum atomic E-state index is 13.0. The third-order valence-electron chi connectivity index (χ3n) is 18.1. The zero-order chi connectivity index (χ0) is 31.8. The molecule has 8 aliphatic rings. The van der Waals surface area contributed by atoms with Crippen molar-refractivity contribution in [2.24, 2.45) is 81.8 Å². The Hall–Kier alpha value is -0.660. The summed E-state index contributed by atoms with van der Waals surface area (Å²) in [4.78, 5) is 26.1. The molecule has 0 heterocycles. The summed E-state index contributed by atoms with van der Waals surface area (Å²) in [6, 6.07) is 0. The van der Waals surface area contributed by atoms with E-state index in [1.807, 2.05) is 0 Å². The molecule has 0 aliphatic heterocycles. The van der Waals surface area contributed by atoms with Gasteiger partial charge in [0.25, 0.3) is 0 Å². The second-order valence-electron chi connectivity index (χ2n) is 19.7. The number of unbranched alkanes of at least 4 members (excludes halogenated alkanes) is 6. The van der Waals surface area contributed by atoms with Crippen LogP contribution in [0.5, 0.6) is 0 Å². The van der Waals surface area contributed by atoms with Crippen molar-refractivity contribution in [2.75, 3.05) is 0 Å². The number of fused-ring (bicyclic) bond motifs is 10. The second-order valence-corrected chi connectivity index (χ2v) is 19.7. The lowest BCUT2D eigenvalue weighted by atomic mass is 9.47. The maximum absolute atomic E-state index is 13.0. The van der Waals surface area contributed by atoms with E-state index in [-0.39, 0.29) is 10.8 Å². The molecule has 0 aromatic heterocycles. The predicted molar refractivity (Wildman–Crippen MR) is 193 cm³/mol. The van der Waals surface area contributed by atoms with Crippen molar-refractivity contribution < 1.29 is 9.59 Å². The summed E-state index contributed by atoms with van der Waals surface area (Å²) in [7, 11) is 0. The molecule has 8 rings (SSSR count). The highest BCUT2D eigenvalue weighted by Crippen LogP contribution is 2.64. The van der Waals surface area contributed by atoms with Crippen LogP contribution in [0.3, 0.4) is 0 Å². The van der Waals surface area contributed by atoms with Gasteiger partial charge < -0.3 is 9.59 Å². The van der Waals surface area contributed by atoms with Gasteiger partial charge in [0.15, 0.2) is 0 Å². The van der Waals surface area contributed by atoms with Crippen LogP contribution in [0.4, 0.5) is 0 Å². The lowest BCUT2D eigenvalue weighted by Crippen LogP contribution is -2.52. The molecular formula is C45H72O2. The Morgan fingerprint density at radius 3 is 1.19 bits per heavy atom. The van der Waals surface area contributed by atoms with Gasteiger partial charge in [-0.05, 0) is 161 Å². The lowest BCUT2D eigenvalue weighted by Gasteiger charge is -2.57. The van der Waals surface area contributed by atoms with Gasteiger partial charge in [-0.3, -0.25) is 0 Å². The normalized spacial score (nSPS) is 48.7. The van der Waals surface area contributed by atoms with Gasteiger partial charge in [0.2, 0.25) is 0 Å². The van der Waals surface area contributed by atoms with Gasteiger partial charge in [-0.15, -0.1) is 0 Å². The quantitative estimate of drug-likeness (QED) is 0.156. The molecule has 2 nitrogen and oxygen atoms in total. The molecule has 4 unspecified atom stereocenters. The van der Waals surface area contributed by atoms with Crippen LogP contribution in [0.15, 0.2) is 0 Å². The van der Waals surface area contributed by atoms with Gasteiger partial charge in [0.1, 0.15) is 12.6 Å². The fraction of sp³-hybridized carbons (Fsp3) is 0.956. The van der Waals surface area contributed by atoms with Crippen LogP contribution in [-0.4, -0.2) is 12.6 Å². The van der Waals surface area contributed by atoms with Crippen molar-refractivity contribution in [1.29, 1.82) is 0 Å². The molecule has 0 N–H and O–H groups in total. The average Bonchev–Trinajstić information content (AvgIpc) is 3.81. The molecule has 8 saturated carbocycles. The molecule has 0 spiro atoms. The van der Waals surface area contributed by atoms with Crippen molar-refractivity contribution >= 4 is 12.6 Å². The molecule has 8 fully saturated rings. The summed E-state index contributed by atoms with van der Waals surface area (Å²) in [6.45, 7) is 0.